The molecule has 1 fully saturated rings. The Morgan fingerprint density at radius 2 is 1.80 bits per heavy atom. The van der Waals surface area contributed by atoms with Crippen LogP contribution in [0.5, 0.6) is 0 Å². The van der Waals surface area contributed by atoms with E-state index in [0.717, 1.165) is 25.9 Å². The van der Waals surface area contributed by atoms with Crippen molar-refractivity contribution in [3.63, 3.8) is 0 Å². The van der Waals surface area contributed by atoms with E-state index >= 15 is 0 Å². The van der Waals surface area contributed by atoms with Gasteiger partial charge in [0.25, 0.3) is 0 Å². The zero-order chi connectivity index (χ0) is 11.4. The molecule has 1 rings (SSSR count). The third kappa shape index (κ3) is 3.11. The minimum atomic E-state index is -0.432. The molecule has 0 radical (unpaired) electrons. The molecule has 1 heterocycles. The third-order valence-electron chi connectivity index (χ3n) is 2.53. The first-order valence-electron chi connectivity index (χ1n) is 5.29. The summed E-state index contributed by atoms with van der Waals surface area (Å²) in [6.45, 7) is 3.37. The van der Waals surface area contributed by atoms with Gasteiger partial charge in [-0.05, 0) is 19.8 Å². The minimum Gasteiger partial charge on any atom is -0.341 e. The van der Waals surface area contributed by atoms with Gasteiger partial charge in [-0.3, -0.25) is 4.79 Å². The minimum absolute atomic E-state index is 0.0164. The summed E-state index contributed by atoms with van der Waals surface area (Å²) in [6.07, 6.45) is 2.14. The standard InChI is InChI=1S/C10H19N3O2/c1-8(11-10(15)12(2)3)9(14)13-6-4-5-7-13/h8H,4-7H2,1-3H3,(H,11,15)/t8-/m0/s1. The first-order chi connectivity index (χ1) is 7.02. The van der Waals surface area contributed by atoms with Crippen LogP contribution in [0.15, 0.2) is 0 Å². The van der Waals surface area contributed by atoms with Gasteiger partial charge >= 0.3 is 6.03 Å². The van der Waals surface area contributed by atoms with E-state index in [2.05, 4.69) is 5.32 Å². The molecule has 5 heteroatoms. The molecule has 0 aromatic heterocycles. The van der Waals surface area contributed by atoms with Crippen LogP contribution in [0, 0.1) is 0 Å². The van der Waals surface area contributed by atoms with E-state index in [9.17, 15) is 9.59 Å². The summed E-state index contributed by atoms with van der Waals surface area (Å²) in [5.41, 5.74) is 0. The molecule has 0 saturated carbocycles. The average Bonchev–Trinajstić information content (AvgIpc) is 2.68. The lowest BCUT2D eigenvalue weighted by Crippen LogP contribution is -2.48. The maximum absolute atomic E-state index is 11.8. The monoisotopic (exact) mass is 213 g/mol. The van der Waals surface area contributed by atoms with Gasteiger partial charge in [-0.25, -0.2) is 4.79 Å². The smallest absolute Gasteiger partial charge is 0.317 e. The number of carbonyl (C=O) groups is 2. The van der Waals surface area contributed by atoms with Crippen LogP contribution in [-0.4, -0.2) is 55.0 Å². The normalized spacial score (nSPS) is 17.4. The van der Waals surface area contributed by atoms with Gasteiger partial charge in [0, 0.05) is 27.2 Å². The van der Waals surface area contributed by atoms with Crippen molar-refractivity contribution in [1.82, 2.24) is 15.1 Å². The van der Waals surface area contributed by atoms with Gasteiger partial charge in [-0.1, -0.05) is 0 Å². The van der Waals surface area contributed by atoms with Gasteiger partial charge < -0.3 is 15.1 Å². The molecular weight excluding hydrogens is 194 g/mol. The molecule has 1 atom stereocenters. The fraction of sp³-hybridized carbons (Fsp3) is 0.800. The molecule has 1 N–H and O–H groups in total. The zero-order valence-electron chi connectivity index (χ0n) is 9.62. The topological polar surface area (TPSA) is 52.7 Å². The molecule has 0 spiro atoms. The van der Waals surface area contributed by atoms with Crippen molar-refractivity contribution < 1.29 is 9.59 Å². The Morgan fingerprint density at radius 1 is 1.27 bits per heavy atom. The molecule has 15 heavy (non-hydrogen) atoms. The molecular formula is C10H19N3O2. The Bertz CT molecular complexity index is 247. The maximum Gasteiger partial charge on any atom is 0.317 e. The second-order valence-corrected chi connectivity index (χ2v) is 4.10. The Kier molecular flexibility index (Phi) is 3.94. The summed E-state index contributed by atoms with van der Waals surface area (Å²) in [6, 6.07) is -0.659. The molecule has 0 aromatic rings. The number of likely N-dealkylation sites (tertiary alicyclic amines) is 1. The predicted molar refractivity (Wildman–Crippen MR) is 57.5 cm³/mol. The first-order valence-corrected chi connectivity index (χ1v) is 5.29. The van der Waals surface area contributed by atoms with Crippen LogP contribution >= 0.6 is 0 Å². The Morgan fingerprint density at radius 3 is 2.27 bits per heavy atom. The number of rotatable bonds is 2. The van der Waals surface area contributed by atoms with Gasteiger partial charge in [0.2, 0.25) is 5.91 Å². The van der Waals surface area contributed by atoms with E-state index in [1.165, 1.54) is 4.90 Å². The van der Waals surface area contributed by atoms with E-state index in [-0.39, 0.29) is 11.9 Å². The quantitative estimate of drug-likeness (QED) is 0.715. The molecule has 1 saturated heterocycles. The van der Waals surface area contributed by atoms with Crippen molar-refractivity contribution in [3.8, 4) is 0 Å². The Hall–Kier alpha value is -1.26. The van der Waals surface area contributed by atoms with Crippen molar-refractivity contribution in [3.05, 3.63) is 0 Å². The van der Waals surface area contributed by atoms with Crippen LogP contribution in [0.1, 0.15) is 19.8 Å². The van der Waals surface area contributed by atoms with E-state index in [1.54, 1.807) is 25.9 Å². The molecule has 86 valence electrons. The van der Waals surface area contributed by atoms with Gasteiger partial charge in [0.05, 0.1) is 0 Å². The summed E-state index contributed by atoms with van der Waals surface area (Å²) in [7, 11) is 3.31. The SMILES string of the molecule is C[C@H](NC(=O)N(C)C)C(=O)N1CCCC1. The number of nitrogens with zero attached hydrogens (tertiary/aromatic N) is 2. The molecule has 1 aliphatic heterocycles. The van der Waals surface area contributed by atoms with Crippen molar-refractivity contribution in [2.24, 2.45) is 0 Å². The summed E-state index contributed by atoms with van der Waals surface area (Å²) in [4.78, 5) is 26.3. The van der Waals surface area contributed by atoms with Gasteiger partial charge in [0.15, 0.2) is 0 Å². The number of nitrogens with one attached hydrogen (secondary N) is 1. The summed E-state index contributed by atoms with van der Waals surface area (Å²) in [5, 5.41) is 2.65. The molecule has 0 bridgehead atoms. The highest BCUT2D eigenvalue weighted by atomic mass is 16.2. The molecule has 0 unspecified atom stereocenters. The summed E-state index contributed by atoms with van der Waals surface area (Å²) in [5.74, 6) is 0.0164. The molecule has 1 aliphatic rings. The lowest BCUT2D eigenvalue weighted by atomic mass is 10.3. The van der Waals surface area contributed by atoms with E-state index in [1.807, 2.05) is 0 Å². The van der Waals surface area contributed by atoms with Crippen molar-refractivity contribution in [2.45, 2.75) is 25.8 Å². The lowest BCUT2D eigenvalue weighted by Gasteiger charge is -2.22. The third-order valence-corrected chi connectivity index (χ3v) is 2.53. The summed E-state index contributed by atoms with van der Waals surface area (Å²) < 4.78 is 0. The number of carbonyl (C=O) groups excluding carboxylic acids is 2. The second-order valence-electron chi connectivity index (χ2n) is 4.10. The average molecular weight is 213 g/mol. The zero-order valence-corrected chi connectivity index (χ0v) is 9.62. The van der Waals surface area contributed by atoms with Crippen LogP contribution < -0.4 is 5.32 Å². The Balaban J connectivity index is 2.42. The van der Waals surface area contributed by atoms with Crippen LogP contribution in [0.2, 0.25) is 0 Å². The highest BCUT2D eigenvalue weighted by molar-refractivity contribution is 5.86. The molecule has 0 aliphatic carbocycles. The van der Waals surface area contributed by atoms with Crippen molar-refractivity contribution >= 4 is 11.9 Å². The fourth-order valence-electron chi connectivity index (χ4n) is 1.59. The fourth-order valence-corrected chi connectivity index (χ4v) is 1.59. The predicted octanol–water partition coefficient (Wildman–Crippen LogP) is 0.269. The van der Waals surface area contributed by atoms with Gasteiger partial charge in [0.1, 0.15) is 6.04 Å². The highest BCUT2D eigenvalue weighted by Gasteiger charge is 2.24. The lowest BCUT2D eigenvalue weighted by molar-refractivity contribution is -0.131. The van der Waals surface area contributed by atoms with E-state index in [0.29, 0.717) is 0 Å². The van der Waals surface area contributed by atoms with Crippen molar-refractivity contribution in [1.29, 1.82) is 0 Å². The first kappa shape index (κ1) is 11.8. The van der Waals surface area contributed by atoms with Gasteiger partial charge in [-0.15, -0.1) is 0 Å². The van der Waals surface area contributed by atoms with E-state index in [4.69, 9.17) is 0 Å². The largest absolute Gasteiger partial charge is 0.341 e. The van der Waals surface area contributed by atoms with Crippen LogP contribution in [0.25, 0.3) is 0 Å². The number of amides is 3. The van der Waals surface area contributed by atoms with Gasteiger partial charge in [-0.2, -0.15) is 0 Å². The summed E-state index contributed by atoms with van der Waals surface area (Å²) >= 11 is 0. The van der Waals surface area contributed by atoms with E-state index < -0.39 is 6.04 Å². The second kappa shape index (κ2) is 5.00. The number of hydrogen-bond donors (Lipinski definition) is 1. The molecule has 0 aromatic carbocycles. The molecule has 3 amide bonds. The molecule has 5 nitrogen and oxygen atoms in total. The highest BCUT2D eigenvalue weighted by Crippen LogP contribution is 2.08. The number of urea groups is 1. The van der Waals surface area contributed by atoms with Crippen molar-refractivity contribution in [2.75, 3.05) is 27.2 Å². The maximum atomic E-state index is 11.8. The van der Waals surface area contributed by atoms with Crippen LogP contribution in [-0.2, 0) is 4.79 Å². The number of hydrogen-bond acceptors (Lipinski definition) is 2. The van der Waals surface area contributed by atoms with Crippen LogP contribution in [0.4, 0.5) is 4.79 Å². The van der Waals surface area contributed by atoms with Crippen LogP contribution in [0.3, 0.4) is 0 Å². The Labute approximate surface area is 90.4 Å².